The predicted molar refractivity (Wildman–Crippen MR) is 99.2 cm³/mol. The van der Waals surface area contributed by atoms with Gasteiger partial charge in [-0.15, -0.1) is 0 Å². The van der Waals surface area contributed by atoms with Crippen LogP contribution in [-0.2, 0) is 5.41 Å². The molecule has 0 saturated carbocycles. The van der Waals surface area contributed by atoms with Gasteiger partial charge in [-0.25, -0.2) is 8.78 Å². The lowest BCUT2D eigenvalue weighted by molar-refractivity contribution is 0.309. The lowest BCUT2D eigenvalue weighted by atomic mass is 9.69. The Morgan fingerprint density at radius 3 is 2.73 bits per heavy atom. The number of pyridine rings is 1. The molecule has 5 heteroatoms. The van der Waals surface area contributed by atoms with E-state index in [9.17, 15) is 8.78 Å². The van der Waals surface area contributed by atoms with Gasteiger partial charge in [0, 0.05) is 48.7 Å². The van der Waals surface area contributed by atoms with Crippen LogP contribution in [-0.4, -0.2) is 30.7 Å². The van der Waals surface area contributed by atoms with E-state index in [1.165, 1.54) is 6.07 Å². The first-order valence-electron chi connectivity index (χ1n) is 8.84. The van der Waals surface area contributed by atoms with E-state index in [0.29, 0.717) is 12.1 Å². The smallest absolute Gasteiger partial charge is 0.130 e. The topological polar surface area (TPSA) is 37.0 Å². The number of nitrogens with one attached hydrogen (secondary N) is 2. The summed E-state index contributed by atoms with van der Waals surface area (Å²) in [5, 5.41) is 7.91. The molecule has 0 bridgehead atoms. The Morgan fingerprint density at radius 1 is 1.08 bits per heavy atom. The van der Waals surface area contributed by atoms with Crippen LogP contribution in [0.1, 0.15) is 18.1 Å². The molecule has 0 aliphatic carbocycles. The second kappa shape index (κ2) is 6.74. The number of aromatic nitrogens is 1. The van der Waals surface area contributed by atoms with Crippen LogP contribution in [0, 0.1) is 11.6 Å². The van der Waals surface area contributed by atoms with E-state index in [1.807, 2.05) is 37.3 Å². The molecule has 1 aliphatic rings. The summed E-state index contributed by atoms with van der Waals surface area (Å²) >= 11 is 0. The van der Waals surface area contributed by atoms with Crippen molar-refractivity contribution >= 4 is 10.9 Å². The average Bonchev–Trinajstić information content (AvgIpc) is 2.68. The molecule has 0 amide bonds. The van der Waals surface area contributed by atoms with Gasteiger partial charge in [0.1, 0.15) is 11.6 Å². The molecule has 2 heterocycles. The molecule has 1 fully saturated rings. The highest BCUT2D eigenvalue weighted by molar-refractivity contribution is 5.79. The lowest BCUT2D eigenvalue weighted by Crippen LogP contribution is -2.58. The molecule has 1 aliphatic heterocycles. The highest BCUT2D eigenvalue weighted by Gasteiger charge is 2.40. The molecule has 0 radical (unpaired) electrons. The van der Waals surface area contributed by atoms with E-state index < -0.39 is 17.0 Å². The Bertz CT molecular complexity index is 937. The molecule has 2 atom stereocenters. The predicted octanol–water partition coefficient (Wildman–Crippen LogP) is 3.38. The fourth-order valence-corrected chi connectivity index (χ4v) is 3.91. The van der Waals surface area contributed by atoms with Crippen LogP contribution in [0.25, 0.3) is 10.9 Å². The molecular weight excluding hydrogens is 332 g/mol. The minimum atomic E-state index is -0.670. The van der Waals surface area contributed by atoms with Gasteiger partial charge >= 0.3 is 0 Å². The molecule has 0 spiro atoms. The molecule has 4 rings (SSSR count). The zero-order chi connectivity index (χ0) is 18.1. The first-order chi connectivity index (χ1) is 12.6. The van der Waals surface area contributed by atoms with Gasteiger partial charge in [0.15, 0.2) is 0 Å². The molecule has 2 aromatic carbocycles. The highest BCUT2D eigenvalue weighted by atomic mass is 19.1. The van der Waals surface area contributed by atoms with Crippen LogP contribution in [0.3, 0.4) is 0 Å². The van der Waals surface area contributed by atoms with Crippen LogP contribution in [0.15, 0.2) is 54.7 Å². The van der Waals surface area contributed by atoms with Crippen LogP contribution in [0.5, 0.6) is 0 Å². The maximum absolute atomic E-state index is 14.8. The van der Waals surface area contributed by atoms with Crippen molar-refractivity contribution in [1.82, 2.24) is 15.6 Å². The monoisotopic (exact) mass is 353 g/mol. The van der Waals surface area contributed by atoms with Crippen molar-refractivity contribution in [1.29, 1.82) is 0 Å². The van der Waals surface area contributed by atoms with E-state index in [0.717, 1.165) is 35.6 Å². The third-order valence-electron chi connectivity index (χ3n) is 5.43. The van der Waals surface area contributed by atoms with Gasteiger partial charge in [0.25, 0.3) is 0 Å². The summed E-state index contributed by atoms with van der Waals surface area (Å²) in [6.45, 7) is 4.39. The molecule has 3 aromatic rings. The summed E-state index contributed by atoms with van der Waals surface area (Å²) in [6, 6.07) is 13.7. The third-order valence-corrected chi connectivity index (χ3v) is 5.43. The number of fused-ring (bicyclic) bond motifs is 1. The summed E-state index contributed by atoms with van der Waals surface area (Å²) in [4.78, 5) is 4.44. The summed E-state index contributed by atoms with van der Waals surface area (Å²) < 4.78 is 28.3. The molecular formula is C21H21F2N3. The van der Waals surface area contributed by atoms with Crippen molar-refractivity contribution < 1.29 is 8.78 Å². The maximum Gasteiger partial charge on any atom is 0.130 e. The molecule has 1 aromatic heterocycles. The van der Waals surface area contributed by atoms with Gasteiger partial charge in [-0.05, 0) is 36.2 Å². The zero-order valence-corrected chi connectivity index (χ0v) is 14.6. The van der Waals surface area contributed by atoms with Crippen LogP contribution in [0.4, 0.5) is 8.78 Å². The minimum absolute atomic E-state index is 0.0302. The second-order valence-electron chi connectivity index (χ2n) is 6.95. The van der Waals surface area contributed by atoms with E-state index in [1.54, 1.807) is 12.3 Å². The Balaban J connectivity index is 1.91. The Morgan fingerprint density at radius 2 is 1.96 bits per heavy atom. The summed E-state index contributed by atoms with van der Waals surface area (Å²) in [6.07, 6.45) is 1.75. The van der Waals surface area contributed by atoms with E-state index >= 15 is 0 Å². The van der Waals surface area contributed by atoms with E-state index in [4.69, 9.17) is 0 Å². The molecule has 26 heavy (non-hydrogen) atoms. The van der Waals surface area contributed by atoms with Gasteiger partial charge < -0.3 is 10.6 Å². The number of piperazine rings is 1. The quantitative estimate of drug-likeness (QED) is 0.758. The third kappa shape index (κ3) is 2.87. The van der Waals surface area contributed by atoms with Gasteiger partial charge in [0.05, 0.1) is 5.52 Å². The number of hydrogen-bond acceptors (Lipinski definition) is 3. The highest BCUT2D eigenvalue weighted by Crippen LogP contribution is 2.38. The minimum Gasteiger partial charge on any atom is -0.314 e. The van der Waals surface area contributed by atoms with Crippen LogP contribution in [0.2, 0.25) is 0 Å². The average molecular weight is 353 g/mol. The Hall–Kier alpha value is -2.37. The maximum atomic E-state index is 14.8. The summed E-state index contributed by atoms with van der Waals surface area (Å²) in [7, 11) is 0. The molecule has 2 unspecified atom stereocenters. The molecule has 2 N–H and O–H groups in total. The SMILES string of the molecule is CC(c1ccc2cccnc2c1)(c1ccc(F)cc1F)C1CNCCN1. The summed E-state index contributed by atoms with van der Waals surface area (Å²) in [5.41, 5.74) is 1.63. The van der Waals surface area contributed by atoms with Crippen molar-refractivity contribution in [3.05, 3.63) is 77.5 Å². The first kappa shape index (κ1) is 17.1. The van der Waals surface area contributed by atoms with Crippen molar-refractivity contribution in [2.24, 2.45) is 0 Å². The van der Waals surface area contributed by atoms with Crippen molar-refractivity contribution in [2.75, 3.05) is 19.6 Å². The Kier molecular flexibility index (Phi) is 4.42. The second-order valence-corrected chi connectivity index (χ2v) is 6.95. The summed E-state index contributed by atoms with van der Waals surface area (Å²) in [5.74, 6) is -1.09. The number of nitrogens with zero attached hydrogens (tertiary/aromatic N) is 1. The number of hydrogen-bond donors (Lipinski definition) is 2. The van der Waals surface area contributed by atoms with Gasteiger partial charge in [-0.2, -0.15) is 0 Å². The molecule has 1 saturated heterocycles. The normalized spacial score (nSPS) is 20.0. The van der Waals surface area contributed by atoms with Crippen molar-refractivity contribution in [3.8, 4) is 0 Å². The lowest BCUT2D eigenvalue weighted by Gasteiger charge is -2.42. The standard InChI is InChI=1S/C21H21F2N3/c1-21(20-13-24-9-10-26-20,17-7-6-16(22)12-18(17)23)15-5-4-14-3-2-8-25-19(14)11-15/h2-8,11-12,20,24,26H,9-10,13H2,1H3. The number of halogens is 2. The number of rotatable bonds is 3. The van der Waals surface area contributed by atoms with E-state index in [-0.39, 0.29) is 6.04 Å². The van der Waals surface area contributed by atoms with Gasteiger partial charge in [-0.1, -0.05) is 24.3 Å². The number of benzene rings is 2. The van der Waals surface area contributed by atoms with Crippen LogP contribution < -0.4 is 10.6 Å². The fraction of sp³-hybridized carbons (Fsp3) is 0.286. The van der Waals surface area contributed by atoms with Crippen molar-refractivity contribution in [3.63, 3.8) is 0 Å². The fourth-order valence-electron chi connectivity index (χ4n) is 3.91. The van der Waals surface area contributed by atoms with Gasteiger partial charge in [-0.3, -0.25) is 4.98 Å². The van der Waals surface area contributed by atoms with Crippen molar-refractivity contribution in [2.45, 2.75) is 18.4 Å². The zero-order valence-electron chi connectivity index (χ0n) is 14.6. The van der Waals surface area contributed by atoms with Crippen LogP contribution >= 0.6 is 0 Å². The molecule has 134 valence electrons. The van der Waals surface area contributed by atoms with Gasteiger partial charge in [0.2, 0.25) is 0 Å². The Labute approximate surface area is 151 Å². The van der Waals surface area contributed by atoms with E-state index in [2.05, 4.69) is 15.6 Å². The molecule has 3 nitrogen and oxygen atoms in total. The largest absolute Gasteiger partial charge is 0.314 e. The first-order valence-corrected chi connectivity index (χ1v) is 8.84.